The van der Waals surface area contributed by atoms with Gasteiger partial charge in [-0.25, -0.2) is 9.59 Å². The molecule has 26 heavy (non-hydrogen) atoms. The second-order valence-corrected chi connectivity index (χ2v) is 5.72. The Hall–Kier alpha value is -3.40. The van der Waals surface area contributed by atoms with Crippen LogP contribution in [0, 0.1) is 25.2 Å². The fraction of sp³-hybridized carbons (Fsp3) is 0.263. The molecule has 1 aromatic carbocycles. The van der Waals surface area contributed by atoms with E-state index >= 15 is 0 Å². The minimum absolute atomic E-state index is 0.179. The number of carbonyl (C=O) groups is 3. The van der Waals surface area contributed by atoms with E-state index in [0.29, 0.717) is 16.8 Å². The first-order chi connectivity index (χ1) is 12.3. The minimum atomic E-state index is -1.07. The van der Waals surface area contributed by atoms with Crippen molar-refractivity contribution < 1.29 is 23.9 Å². The average Bonchev–Trinajstić information content (AvgIpc) is 2.94. The van der Waals surface area contributed by atoms with E-state index in [1.807, 2.05) is 6.07 Å². The molecular weight excluding hydrogens is 336 g/mol. The molecule has 0 saturated heterocycles. The molecule has 0 unspecified atom stereocenters. The number of H-pyrrole nitrogens is 1. The molecule has 1 N–H and O–H groups in total. The summed E-state index contributed by atoms with van der Waals surface area (Å²) in [5.74, 6) is -1.73. The van der Waals surface area contributed by atoms with Crippen LogP contribution in [0.5, 0.6) is 0 Å². The maximum atomic E-state index is 12.6. The standard InChI is InChI=1S/C19H18N2O5/c1-10-15(19(24)25-4)11(2)21-16(10)17(22)12(3)26-18(23)14-7-5-6-13(8-14)9-20/h5-8,12,21H,1-4H3/t12-/m0/s1. The minimum Gasteiger partial charge on any atom is -0.465 e. The molecule has 0 radical (unpaired) electrons. The Labute approximate surface area is 150 Å². The number of ether oxygens (including phenoxy) is 2. The molecule has 0 aliphatic rings. The van der Waals surface area contributed by atoms with Gasteiger partial charge in [-0.2, -0.15) is 5.26 Å². The number of nitrogens with one attached hydrogen (secondary N) is 1. The van der Waals surface area contributed by atoms with Gasteiger partial charge in [-0.05, 0) is 44.5 Å². The van der Waals surface area contributed by atoms with E-state index in [9.17, 15) is 14.4 Å². The number of ketones is 1. The predicted molar refractivity (Wildman–Crippen MR) is 92.0 cm³/mol. The summed E-state index contributed by atoms with van der Waals surface area (Å²) in [4.78, 5) is 39.5. The highest BCUT2D eigenvalue weighted by Gasteiger charge is 2.27. The second kappa shape index (κ2) is 7.66. The second-order valence-electron chi connectivity index (χ2n) is 5.72. The van der Waals surface area contributed by atoms with Crippen LogP contribution in [0.3, 0.4) is 0 Å². The Bertz CT molecular complexity index is 920. The molecular formula is C19H18N2O5. The van der Waals surface area contributed by atoms with Gasteiger partial charge in [0.15, 0.2) is 6.10 Å². The number of aryl methyl sites for hydroxylation is 1. The molecule has 0 bridgehead atoms. The van der Waals surface area contributed by atoms with Crippen LogP contribution in [-0.4, -0.2) is 35.9 Å². The highest BCUT2D eigenvalue weighted by Crippen LogP contribution is 2.21. The molecule has 2 rings (SSSR count). The number of hydrogen-bond donors (Lipinski definition) is 1. The van der Waals surface area contributed by atoms with Gasteiger partial charge >= 0.3 is 11.9 Å². The fourth-order valence-electron chi connectivity index (χ4n) is 2.61. The van der Waals surface area contributed by atoms with Crippen molar-refractivity contribution in [2.45, 2.75) is 26.9 Å². The van der Waals surface area contributed by atoms with E-state index in [1.54, 1.807) is 26.0 Å². The van der Waals surface area contributed by atoms with E-state index in [2.05, 4.69) is 4.98 Å². The number of aromatic amines is 1. The lowest BCUT2D eigenvalue weighted by Crippen LogP contribution is -2.25. The number of nitrogens with zero attached hydrogens (tertiary/aromatic N) is 1. The smallest absolute Gasteiger partial charge is 0.339 e. The zero-order valence-corrected chi connectivity index (χ0v) is 14.9. The van der Waals surface area contributed by atoms with Crippen LogP contribution in [0.15, 0.2) is 24.3 Å². The summed E-state index contributed by atoms with van der Waals surface area (Å²) in [6.45, 7) is 4.72. The van der Waals surface area contributed by atoms with Gasteiger partial charge in [-0.3, -0.25) is 4.79 Å². The summed E-state index contributed by atoms with van der Waals surface area (Å²) < 4.78 is 9.92. The molecule has 1 aromatic heterocycles. The van der Waals surface area contributed by atoms with E-state index in [0.717, 1.165) is 0 Å². The topological polar surface area (TPSA) is 109 Å². The van der Waals surface area contributed by atoms with E-state index in [-0.39, 0.29) is 16.8 Å². The van der Waals surface area contributed by atoms with Crippen LogP contribution < -0.4 is 0 Å². The number of esters is 2. The van der Waals surface area contributed by atoms with Gasteiger partial charge in [0, 0.05) is 5.69 Å². The summed E-state index contributed by atoms with van der Waals surface area (Å²) in [5.41, 5.74) is 1.91. The van der Waals surface area contributed by atoms with Gasteiger partial charge in [-0.1, -0.05) is 6.07 Å². The predicted octanol–water partition coefficient (Wildman–Crippen LogP) is 2.72. The number of carbonyl (C=O) groups excluding carboxylic acids is 3. The Morgan fingerprint density at radius 2 is 1.88 bits per heavy atom. The monoisotopic (exact) mass is 354 g/mol. The third-order valence-corrected chi connectivity index (χ3v) is 3.95. The third kappa shape index (κ3) is 3.64. The van der Waals surface area contributed by atoms with Gasteiger partial charge in [-0.15, -0.1) is 0 Å². The summed E-state index contributed by atoms with van der Waals surface area (Å²) in [6.07, 6.45) is -1.07. The molecule has 1 heterocycles. The van der Waals surface area contributed by atoms with E-state index < -0.39 is 23.8 Å². The van der Waals surface area contributed by atoms with Crippen molar-refractivity contribution in [1.29, 1.82) is 5.26 Å². The lowest BCUT2D eigenvalue weighted by atomic mass is 10.1. The molecule has 0 saturated carbocycles. The Morgan fingerprint density at radius 1 is 1.19 bits per heavy atom. The number of rotatable bonds is 5. The van der Waals surface area contributed by atoms with Crippen molar-refractivity contribution in [3.05, 3.63) is 57.9 Å². The number of nitriles is 1. The summed E-state index contributed by atoms with van der Waals surface area (Å²) in [7, 11) is 1.26. The Kier molecular flexibility index (Phi) is 5.58. The van der Waals surface area contributed by atoms with Crippen molar-refractivity contribution in [3.8, 4) is 6.07 Å². The number of methoxy groups -OCH3 is 1. The summed E-state index contributed by atoms with van der Waals surface area (Å²) in [5, 5.41) is 8.89. The zero-order valence-electron chi connectivity index (χ0n) is 14.9. The normalized spacial score (nSPS) is 11.3. The highest BCUT2D eigenvalue weighted by atomic mass is 16.5. The van der Waals surface area contributed by atoms with E-state index in [4.69, 9.17) is 14.7 Å². The van der Waals surface area contributed by atoms with E-state index in [1.165, 1.54) is 26.2 Å². The van der Waals surface area contributed by atoms with Crippen molar-refractivity contribution in [3.63, 3.8) is 0 Å². The number of Topliss-reactive ketones (excluding diaryl/α,β-unsaturated/α-hetero) is 1. The molecule has 0 aliphatic carbocycles. The first-order valence-electron chi connectivity index (χ1n) is 7.83. The van der Waals surface area contributed by atoms with Crippen molar-refractivity contribution >= 4 is 17.7 Å². The summed E-state index contributed by atoms with van der Waals surface area (Å²) >= 11 is 0. The van der Waals surface area contributed by atoms with Crippen LogP contribution in [0.2, 0.25) is 0 Å². The highest BCUT2D eigenvalue weighted by molar-refractivity contribution is 6.04. The lowest BCUT2D eigenvalue weighted by Gasteiger charge is -2.12. The molecule has 0 amide bonds. The maximum absolute atomic E-state index is 12.6. The van der Waals surface area contributed by atoms with Crippen LogP contribution in [0.25, 0.3) is 0 Å². The number of hydrogen-bond acceptors (Lipinski definition) is 6. The zero-order chi connectivity index (χ0) is 19.4. The van der Waals surface area contributed by atoms with Crippen LogP contribution >= 0.6 is 0 Å². The quantitative estimate of drug-likeness (QED) is 0.653. The molecule has 0 fully saturated rings. The third-order valence-electron chi connectivity index (χ3n) is 3.95. The number of aromatic nitrogens is 1. The van der Waals surface area contributed by atoms with Crippen LogP contribution in [0.1, 0.15) is 54.9 Å². The molecule has 7 heteroatoms. The van der Waals surface area contributed by atoms with Gasteiger partial charge in [0.25, 0.3) is 0 Å². The lowest BCUT2D eigenvalue weighted by molar-refractivity contribution is 0.0316. The van der Waals surface area contributed by atoms with Crippen LogP contribution in [-0.2, 0) is 9.47 Å². The van der Waals surface area contributed by atoms with Crippen molar-refractivity contribution in [1.82, 2.24) is 4.98 Å². The van der Waals surface area contributed by atoms with Gasteiger partial charge in [0.2, 0.25) is 5.78 Å². The van der Waals surface area contributed by atoms with Crippen LogP contribution in [0.4, 0.5) is 0 Å². The first kappa shape index (κ1) is 18.9. The fourth-order valence-corrected chi connectivity index (χ4v) is 2.61. The van der Waals surface area contributed by atoms with Crippen molar-refractivity contribution in [2.24, 2.45) is 0 Å². The molecule has 134 valence electrons. The van der Waals surface area contributed by atoms with Gasteiger partial charge in [0.1, 0.15) is 0 Å². The summed E-state index contributed by atoms with van der Waals surface area (Å²) in [6, 6.07) is 7.94. The molecule has 0 spiro atoms. The molecule has 2 aromatic rings. The van der Waals surface area contributed by atoms with Gasteiger partial charge < -0.3 is 14.5 Å². The SMILES string of the molecule is COC(=O)c1c(C)[nH]c(C(=O)[C@H](C)OC(=O)c2cccc(C#N)c2)c1C. The molecule has 1 atom stereocenters. The average molecular weight is 354 g/mol. The Morgan fingerprint density at radius 3 is 2.50 bits per heavy atom. The Balaban J connectivity index is 2.21. The van der Waals surface area contributed by atoms with Crippen molar-refractivity contribution in [2.75, 3.05) is 7.11 Å². The van der Waals surface area contributed by atoms with Gasteiger partial charge in [0.05, 0.1) is 35.6 Å². The number of benzene rings is 1. The maximum Gasteiger partial charge on any atom is 0.339 e. The first-order valence-corrected chi connectivity index (χ1v) is 7.83. The molecule has 0 aliphatic heterocycles. The molecule has 7 nitrogen and oxygen atoms in total. The largest absolute Gasteiger partial charge is 0.465 e.